The normalized spacial score (nSPS) is 27.9. The lowest BCUT2D eigenvalue weighted by Crippen LogP contribution is -2.46. The van der Waals surface area contributed by atoms with Gasteiger partial charge in [-0.1, -0.05) is 0 Å². The Morgan fingerprint density at radius 1 is 1.48 bits per heavy atom. The number of nitrogens with one attached hydrogen (secondary N) is 1. The molecular formula is C15H22N2O5S. The second kappa shape index (κ2) is 6.26. The van der Waals surface area contributed by atoms with Crippen molar-refractivity contribution >= 4 is 15.9 Å². The van der Waals surface area contributed by atoms with E-state index in [1.54, 1.807) is 13.0 Å². The maximum absolute atomic E-state index is 12.5. The van der Waals surface area contributed by atoms with Gasteiger partial charge in [0.25, 0.3) is 5.91 Å². The minimum atomic E-state index is -3.21. The lowest BCUT2D eigenvalue weighted by atomic mass is 9.84. The third-order valence-corrected chi connectivity index (χ3v) is 5.41. The minimum absolute atomic E-state index is 0.00703. The van der Waals surface area contributed by atoms with Crippen molar-refractivity contribution in [1.29, 1.82) is 0 Å². The van der Waals surface area contributed by atoms with Crippen LogP contribution >= 0.6 is 0 Å². The molecule has 1 amide bonds. The Kier molecular flexibility index (Phi) is 4.48. The number of carbonyl (C=O) groups excluding carboxylic acids is 1. The summed E-state index contributed by atoms with van der Waals surface area (Å²) in [6.07, 6.45) is 3.39. The molecule has 0 aromatic carbocycles. The Morgan fingerprint density at radius 3 is 2.91 bits per heavy atom. The van der Waals surface area contributed by atoms with E-state index < -0.39 is 10.0 Å². The molecule has 2 saturated heterocycles. The third-order valence-electron chi connectivity index (χ3n) is 4.72. The lowest BCUT2D eigenvalue weighted by molar-refractivity contribution is 0.0615. The molecule has 3 atom stereocenters. The molecule has 0 spiro atoms. The zero-order chi connectivity index (χ0) is 16.6. The topological polar surface area (TPSA) is 88.8 Å². The van der Waals surface area contributed by atoms with Crippen molar-refractivity contribution in [2.45, 2.75) is 19.4 Å². The first-order valence-corrected chi connectivity index (χ1v) is 9.64. The molecule has 2 aliphatic rings. The van der Waals surface area contributed by atoms with Crippen LogP contribution in [0, 0.1) is 18.8 Å². The maximum Gasteiger partial charge on any atom is 0.257 e. The summed E-state index contributed by atoms with van der Waals surface area (Å²) in [5.41, 5.74) is 0.609. The fraction of sp³-hybridized carbons (Fsp3) is 0.667. The standard InChI is InChI=1S/C15H22N2O5S/c1-10-12(4-6-21-10)15(18)17-5-3-13-11(8-17)9-22-14(13)7-16-23(2,19)20/h4,6,11,13-14,16H,3,5,7-9H2,1-2H3/t11-,13-,14+/m1/s1. The van der Waals surface area contributed by atoms with Gasteiger partial charge in [-0.25, -0.2) is 13.1 Å². The summed E-state index contributed by atoms with van der Waals surface area (Å²) in [5.74, 6) is 1.17. The SMILES string of the molecule is Cc1occc1C(=O)N1CC[C@@H]2[C@@H](CO[C@H]2CNS(C)(=O)=O)C1. The molecule has 0 saturated carbocycles. The van der Waals surface area contributed by atoms with Gasteiger partial charge in [-0.05, 0) is 25.3 Å². The first-order valence-electron chi connectivity index (χ1n) is 7.75. The number of likely N-dealkylation sites (tertiary alicyclic amines) is 1. The molecule has 3 rings (SSSR count). The van der Waals surface area contributed by atoms with Crippen molar-refractivity contribution in [2.75, 3.05) is 32.5 Å². The zero-order valence-electron chi connectivity index (χ0n) is 13.3. The number of ether oxygens (including phenoxy) is 1. The fourth-order valence-corrected chi connectivity index (χ4v) is 3.96. The van der Waals surface area contributed by atoms with Crippen molar-refractivity contribution in [1.82, 2.24) is 9.62 Å². The Balaban J connectivity index is 1.60. The van der Waals surface area contributed by atoms with Gasteiger partial charge in [0.1, 0.15) is 5.76 Å². The van der Waals surface area contributed by atoms with Crippen LogP contribution in [0.4, 0.5) is 0 Å². The number of piperidine rings is 1. The third kappa shape index (κ3) is 3.59. The van der Waals surface area contributed by atoms with E-state index in [4.69, 9.17) is 9.15 Å². The van der Waals surface area contributed by atoms with Crippen LogP contribution in [-0.2, 0) is 14.8 Å². The van der Waals surface area contributed by atoms with E-state index >= 15 is 0 Å². The van der Waals surface area contributed by atoms with Crippen LogP contribution in [0.5, 0.6) is 0 Å². The summed E-state index contributed by atoms with van der Waals surface area (Å²) in [7, 11) is -3.21. The van der Waals surface area contributed by atoms with E-state index in [0.717, 1.165) is 12.7 Å². The van der Waals surface area contributed by atoms with Crippen molar-refractivity contribution in [3.05, 3.63) is 23.7 Å². The number of carbonyl (C=O) groups is 1. The molecule has 2 aliphatic heterocycles. The Bertz CT molecular complexity index is 684. The van der Waals surface area contributed by atoms with E-state index in [1.165, 1.54) is 6.26 Å². The van der Waals surface area contributed by atoms with Crippen LogP contribution in [0.2, 0.25) is 0 Å². The first-order chi connectivity index (χ1) is 10.8. The molecule has 2 fully saturated rings. The molecule has 128 valence electrons. The second-order valence-electron chi connectivity index (χ2n) is 6.35. The number of nitrogens with zero attached hydrogens (tertiary/aromatic N) is 1. The van der Waals surface area contributed by atoms with Crippen LogP contribution in [-0.4, -0.2) is 57.8 Å². The number of furan rings is 1. The summed E-state index contributed by atoms with van der Waals surface area (Å²) in [4.78, 5) is 14.4. The maximum atomic E-state index is 12.5. The summed E-state index contributed by atoms with van der Waals surface area (Å²) < 4.78 is 35.9. The van der Waals surface area contributed by atoms with Gasteiger partial charge in [-0.3, -0.25) is 4.79 Å². The van der Waals surface area contributed by atoms with Gasteiger partial charge < -0.3 is 14.1 Å². The highest BCUT2D eigenvalue weighted by Crippen LogP contribution is 2.34. The number of aryl methyl sites for hydroxylation is 1. The fourth-order valence-electron chi connectivity index (χ4n) is 3.49. The molecule has 7 nitrogen and oxygen atoms in total. The smallest absolute Gasteiger partial charge is 0.257 e. The van der Waals surface area contributed by atoms with Gasteiger partial charge in [0.05, 0.1) is 30.8 Å². The van der Waals surface area contributed by atoms with Gasteiger partial charge in [-0.2, -0.15) is 0 Å². The van der Waals surface area contributed by atoms with Crippen molar-refractivity contribution in [2.24, 2.45) is 11.8 Å². The van der Waals surface area contributed by atoms with Crippen LogP contribution in [0.15, 0.2) is 16.7 Å². The van der Waals surface area contributed by atoms with E-state index in [1.807, 2.05) is 4.90 Å². The highest BCUT2D eigenvalue weighted by atomic mass is 32.2. The van der Waals surface area contributed by atoms with Crippen LogP contribution in [0.3, 0.4) is 0 Å². The summed E-state index contributed by atoms with van der Waals surface area (Å²) in [5, 5.41) is 0. The average Bonchev–Trinajstić information content (AvgIpc) is 3.09. The number of sulfonamides is 1. The largest absolute Gasteiger partial charge is 0.469 e. The van der Waals surface area contributed by atoms with Crippen molar-refractivity contribution < 1.29 is 22.4 Å². The van der Waals surface area contributed by atoms with Crippen molar-refractivity contribution in [3.63, 3.8) is 0 Å². The number of fused-ring (bicyclic) bond motifs is 1. The predicted octanol–water partition coefficient (Wildman–Crippen LogP) is 0.614. The molecule has 3 heterocycles. The molecule has 23 heavy (non-hydrogen) atoms. The average molecular weight is 342 g/mol. The summed E-state index contributed by atoms with van der Waals surface area (Å²) in [6, 6.07) is 1.70. The summed E-state index contributed by atoms with van der Waals surface area (Å²) in [6.45, 7) is 3.95. The van der Waals surface area contributed by atoms with Gasteiger partial charge in [-0.15, -0.1) is 0 Å². The number of hydrogen-bond acceptors (Lipinski definition) is 5. The van der Waals surface area contributed by atoms with E-state index in [9.17, 15) is 13.2 Å². The van der Waals surface area contributed by atoms with Crippen LogP contribution < -0.4 is 4.72 Å². The van der Waals surface area contributed by atoms with Gasteiger partial charge >= 0.3 is 0 Å². The van der Waals surface area contributed by atoms with Gasteiger partial charge in [0, 0.05) is 25.6 Å². The Labute approximate surface area is 136 Å². The number of amides is 1. The second-order valence-corrected chi connectivity index (χ2v) is 8.18. The van der Waals surface area contributed by atoms with Crippen LogP contribution in [0.25, 0.3) is 0 Å². The lowest BCUT2D eigenvalue weighted by Gasteiger charge is -2.35. The molecule has 0 radical (unpaired) electrons. The Morgan fingerprint density at radius 2 is 2.26 bits per heavy atom. The Hall–Kier alpha value is -1.38. The zero-order valence-corrected chi connectivity index (χ0v) is 14.1. The summed E-state index contributed by atoms with van der Waals surface area (Å²) >= 11 is 0. The van der Waals surface area contributed by atoms with Gasteiger partial charge in [0.15, 0.2) is 0 Å². The molecular weight excluding hydrogens is 320 g/mol. The quantitative estimate of drug-likeness (QED) is 0.866. The highest BCUT2D eigenvalue weighted by molar-refractivity contribution is 7.88. The van der Waals surface area contributed by atoms with E-state index in [2.05, 4.69) is 4.72 Å². The molecule has 1 N–H and O–H groups in total. The number of rotatable bonds is 4. The van der Waals surface area contributed by atoms with E-state index in [0.29, 0.717) is 43.5 Å². The van der Waals surface area contributed by atoms with Crippen LogP contribution in [0.1, 0.15) is 22.5 Å². The highest BCUT2D eigenvalue weighted by Gasteiger charge is 2.42. The first kappa shape index (κ1) is 16.5. The van der Waals surface area contributed by atoms with Gasteiger partial charge in [0.2, 0.25) is 10.0 Å². The molecule has 8 heteroatoms. The minimum Gasteiger partial charge on any atom is -0.469 e. The molecule has 0 aliphatic carbocycles. The molecule has 1 aromatic heterocycles. The molecule has 1 aromatic rings. The molecule has 0 unspecified atom stereocenters. The molecule has 0 bridgehead atoms. The number of hydrogen-bond donors (Lipinski definition) is 1. The predicted molar refractivity (Wildman–Crippen MR) is 83.5 cm³/mol. The van der Waals surface area contributed by atoms with Crippen molar-refractivity contribution in [3.8, 4) is 0 Å². The van der Waals surface area contributed by atoms with E-state index in [-0.39, 0.29) is 17.9 Å². The monoisotopic (exact) mass is 342 g/mol.